The fourth-order valence-electron chi connectivity index (χ4n) is 3.02. The van der Waals surface area contributed by atoms with Crippen molar-refractivity contribution in [2.75, 3.05) is 11.9 Å². The maximum Gasteiger partial charge on any atom is 0.143 e. The van der Waals surface area contributed by atoms with Crippen molar-refractivity contribution in [3.8, 4) is 6.07 Å². The normalized spacial score (nSPS) is 16.6. The Morgan fingerprint density at radius 2 is 2.00 bits per heavy atom. The van der Waals surface area contributed by atoms with Gasteiger partial charge in [-0.1, -0.05) is 30.3 Å². The molecule has 3 heteroatoms. The molecule has 0 spiro atoms. The molecule has 1 atom stereocenters. The molecule has 0 fully saturated rings. The number of aryl methyl sites for hydroxylation is 1. The third kappa shape index (κ3) is 1.94. The quantitative estimate of drug-likeness (QED) is 0.826. The van der Waals surface area contributed by atoms with Gasteiger partial charge in [-0.25, -0.2) is 4.39 Å². The van der Waals surface area contributed by atoms with E-state index in [4.69, 9.17) is 5.26 Å². The van der Waals surface area contributed by atoms with Crippen LogP contribution in [-0.4, -0.2) is 7.05 Å². The second kappa shape index (κ2) is 4.97. The molecule has 2 aromatic carbocycles. The summed E-state index contributed by atoms with van der Waals surface area (Å²) in [5.41, 5.74) is 3.41. The van der Waals surface area contributed by atoms with Gasteiger partial charge in [0.1, 0.15) is 17.4 Å². The summed E-state index contributed by atoms with van der Waals surface area (Å²) >= 11 is 0. The molecule has 0 N–H and O–H groups in total. The summed E-state index contributed by atoms with van der Waals surface area (Å²) in [6.07, 6.45) is 2.03. The predicted octanol–water partition coefficient (Wildman–Crippen LogP) is 3.82. The maximum absolute atomic E-state index is 13.7. The highest BCUT2D eigenvalue weighted by molar-refractivity contribution is 5.61. The van der Waals surface area contributed by atoms with Gasteiger partial charge in [-0.15, -0.1) is 0 Å². The molecule has 0 aliphatic heterocycles. The van der Waals surface area contributed by atoms with Gasteiger partial charge in [0.2, 0.25) is 0 Å². The van der Waals surface area contributed by atoms with Gasteiger partial charge in [-0.2, -0.15) is 5.26 Å². The van der Waals surface area contributed by atoms with E-state index in [1.165, 1.54) is 17.2 Å². The van der Waals surface area contributed by atoms with Crippen LogP contribution in [0.25, 0.3) is 0 Å². The first-order valence-electron chi connectivity index (χ1n) is 6.71. The highest BCUT2D eigenvalue weighted by Crippen LogP contribution is 2.38. The highest BCUT2D eigenvalue weighted by Gasteiger charge is 2.27. The summed E-state index contributed by atoms with van der Waals surface area (Å²) in [4.78, 5) is 2.02. The lowest BCUT2D eigenvalue weighted by molar-refractivity contribution is 0.617. The second-order valence-corrected chi connectivity index (χ2v) is 5.11. The lowest BCUT2D eigenvalue weighted by Crippen LogP contribution is -2.23. The largest absolute Gasteiger partial charge is 0.366 e. The molecule has 0 bridgehead atoms. The van der Waals surface area contributed by atoms with E-state index < -0.39 is 5.82 Å². The van der Waals surface area contributed by atoms with Crippen LogP contribution in [-0.2, 0) is 6.42 Å². The molecule has 2 aromatic rings. The van der Waals surface area contributed by atoms with E-state index in [1.807, 2.05) is 36.2 Å². The van der Waals surface area contributed by atoms with Gasteiger partial charge in [-0.3, -0.25) is 0 Å². The van der Waals surface area contributed by atoms with Crippen LogP contribution in [0.4, 0.5) is 10.1 Å². The molecule has 20 heavy (non-hydrogen) atoms. The molecule has 0 saturated heterocycles. The molecule has 0 heterocycles. The molecule has 0 saturated carbocycles. The lowest BCUT2D eigenvalue weighted by atomic mass is 10.1. The number of hydrogen-bond donors (Lipinski definition) is 0. The van der Waals surface area contributed by atoms with Crippen LogP contribution in [0.1, 0.15) is 29.2 Å². The van der Waals surface area contributed by atoms with Crippen LogP contribution in [0.5, 0.6) is 0 Å². The van der Waals surface area contributed by atoms with Crippen molar-refractivity contribution in [3.63, 3.8) is 0 Å². The van der Waals surface area contributed by atoms with Gasteiger partial charge in [0, 0.05) is 7.05 Å². The summed E-state index contributed by atoms with van der Waals surface area (Å²) in [7, 11) is 1.93. The molecule has 3 rings (SSSR count). The number of anilines is 1. The first kappa shape index (κ1) is 12.7. The monoisotopic (exact) mass is 266 g/mol. The molecule has 0 aromatic heterocycles. The number of benzene rings is 2. The summed E-state index contributed by atoms with van der Waals surface area (Å²) in [6, 6.07) is 15.3. The number of fused-ring (bicyclic) bond motifs is 1. The smallest absolute Gasteiger partial charge is 0.143 e. The zero-order chi connectivity index (χ0) is 14.1. The predicted molar refractivity (Wildman–Crippen MR) is 77.0 cm³/mol. The van der Waals surface area contributed by atoms with Gasteiger partial charge < -0.3 is 4.90 Å². The van der Waals surface area contributed by atoms with Crippen LogP contribution in [0.15, 0.2) is 42.5 Å². The van der Waals surface area contributed by atoms with E-state index >= 15 is 0 Å². The second-order valence-electron chi connectivity index (χ2n) is 5.11. The van der Waals surface area contributed by atoms with Crippen LogP contribution in [0.3, 0.4) is 0 Å². The minimum Gasteiger partial charge on any atom is -0.366 e. The summed E-state index contributed by atoms with van der Waals surface area (Å²) in [6.45, 7) is 0. The van der Waals surface area contributed by atoms with Gasteiger partial charge in [0.05, 0.1) is 11.7 Å². The zero-order valence-electron chi connectivity index (χ0n) is 11.3. The Morgan fingerprint density at radius 1 is 1.20 bits per heavy atom. The van der Waals surface area contributed by atoms with Crippen LogP contribution >= 0.6 is 0 Å². The Bertz CT molecular complexity index is 688. The fraction of sp³-hybridized carbons (Fsp3) is 0.235. The summed E-state index contributed by atoms with van der Waals surface area (Å²) in [5.74, 6) is -0.455. The molecular weight excluding hydrogens is 251 g/mol. The topological polar surface area (TPSA) is 27.0 Å². The molecule has 1 aliphatic carbocycles. The van der Waals surface area contributed by atoms with E-state index in [2.05, 4.69) is 12.1 Å². The van der Waals surface area contributed by atoms with E-state index in [-0.39, 0.29) is 11.6 Å². The van der Waals surface area contributed by atoms with Gasteiger partial charge in [-0.05, 0) is 36.1 Å². The SMILES string of the molecule is CN(c1cccc(F)c1C#N)C1CCc2ccccc21. The van der Waals surface area contributed by atoms with Crippen LogP contribution in [0.2, 0.25) is 0 Å². The number of halogens is 1. The third-order valence-electron chi connectivity index (χ3n) is 4.05. The highest BCUT2D eigenvalue weighted by atomic mass is 19.1. The van der Waals surface area contributed by atoms with Crippen molar-refractivity contribution in [3.05, 3.63) is 65.0 Å². The van der Waals surface area contributed by atoms with Crippen LogP contribution in [0, 0.1) is 17.1 Å². The van der Waals surface area contributed by atoms with E-state index in [0.717, 1.165) is 12.8 Å². The first-order chi connectivity index (χ1) is 9.72. The number of nitrogens with zero attached hydrogens (tertiary/aromatic N) is 2. The average molecular weight is 266 g/mol. The fourth-order valence-corrected chi connectivity index (χ4v) is 3.02. The van der Waals surface area contributed by atoms with Crippen molar-refractivity contribution >= 4 is 5.69 Å². The van der Waals surface area contributed by atoms with E-state index in [1.54, 1.807) is 6.07 Å². The molecule has 0 amide bonds. The number of nitriles is 1. The summed E-state index contributed by atoms with van der Waals surface area (Å²) in [5, 5.41) is 9.17. The molecule has 0 radical (unpaired) electrons. The zero-order valence-corrected chi connectivity index (χ0v) is 11.3. The maximum atomic E-state index is 13.7. The molecule has 1 unspecified atom stereocenters. The van der Waals surface area contributed by atoms with Gasteiger partial charge in [0.15, 0.2) is 0 Å². The molecule has 2 nitrogen and oxygen atoms in total. The van der Waals surface area contributed by atoms with Crippen molar-refractivity contribution in [1.29, 1.82) is 5.26 Å². The lowest BCUT2D eigenvalue weighted by Gasteiger charge is -2.28. The van der Waals surface area contributed by atoms with E-state index in [0.29, 0.717) is 5.69 Å². The van der Waals surface area contributed by atoms with Gasteiger partial charge in [0.25, 0.3) is 0 Å². The minimum atomic E-state index is -0.455. The van der Waals surface area contributed by atoms with Crippen molar-refractivity contribution in [1.82, 2.24) is 0 Å². The van der Waals surface area contributed by atoms with Crippen molar-refractivity contribution in [2.24, 2.45) is 0 Å². The Hall–Kier alpha value is -2.34. The molecule has 100 valence electrons. The Kier molecular flexibility index (Phi) is 3.15. The third-order valence-corrected chi connectivity index (χ3v) is 4.05. The number of rotatable bonds is 2. The van der Waals surface area contributed by atoms with Crippen LogP contribution < -0.4 is 4.90 Å². The Balaban J connectivity index is 2.01. The summed E-state index contributed by atoms with van der Waals surface area (Å²) < 4.78 is 13.7. The average Bonchev–Trinajstić information content (AvgIpc) is 2.90. The van der Waals surface area contributed by atoms with Crippen molar-refractivity contribution < 1.29 is 4.39 Å². The minimum absolute atomic E-state index is 0.124. The number of hydrogen-bond acceptors (Lipinski definition) is 2. The standard InChI is InChI=1S/C17H15FN2/c1-20(16-8-4-7-15(18)14(16)11-19)17-10-9-12-5-2-3-6-13(12)17/h2-8,17H,9-10H2,1H3. The molecule has 1 aliphatic rings. The van der Waals surface area contributed by atoms with Gasteiger partial charge >= 0.3 is 0 Å². The van der Waals surface area contributed by atoms with E-state index in [9.17, 15) is 4.39 Å². The Labute approximate surface area is 118 Å². The van der Waals surface area contributed by atoms with Crippen molar-refractivity contribution in [2.45, 2.75) is 18.9 Å². The first-order valence-corrected chi connectivity index (χ1v) is 6.71. The molecular formula is C17H15FN2. The Morgan fingerprint density at radius 3 is 2.80 bits per heavy atom.